The minimum atomic E-state index is -2.84. The zero-order valence-corrected chi connectivity index (χ0v) is 11.8. The molecular formula is C16H19F2NO2. The van der Waals surface area contributed by atoms with Crippen molar-refractivity contribution >= 4 is 11.6 Å². The number of hydrogen-bond acceptors (Lipinski definition) is 2. The number of carbonyl (C=O) groups is 1. The molecule has 0 saturated heterocycles. The molecule has 1 N–H and O–H groups in total. The molecule has 0 bridgehead atoms. The van der Waals surface area contributed by atoms with Crippen molar-refractivity contribution in [3.05, 3.63) is 23.8 Å². The monoisotopic (exact) mass is 295 g/mol. The van der Waals surface area contributed by atoms with Crippen LogP contribution < -0.4 is 10.1 Å². The van der Waals surface area contributed by atoms with E-state index >= 15 is 0 Å². The van der Waals surface area contributed by atoms with Crippen LogP contribution in [0, 0.1) is 5.92 Å². The SMILES string of the molecule is O=C1Nc2ccc(OC(F)F)cc2C1CC1CCCCC1. The number of halogens is 2. The number of nitrogens with one attached hydrogen (secondary N) is 1. The fourth-order valence-electron chi connectivity index (χ4n) is 3.47. The average molecular weight is 295 g/mol. The number of hydrogen-bond donors (Lipinski definition) is 1. The van der Waals surface area contributed by atoms with E-state index in [4.69, 9.17) is 0 Å². The predicted octanol–water partition coefficient (Wildman–Crippen LogP) is 4.29. The number of rotatable bonds is 4. The largest absolute Gasteiger partial charge is 0.435 e. The second kappa shape index (κ2) is 6.00. The number of amides is 1. The first-order chi connectivity index (χ1) is 10.1. The van der Waals surface area contributed by atoms with Gasteiger partial charge < -0.3 is 10.1 Å². The molecule has 0 spiro atoms. The van der Waals surface area contributed by atoms with Crippen molar-refractivity contribution in [1.29, 1.82) is 0 Å². The number of alkyl halides is 2. The van der Waals surface area contributed by atoms with Crippen molar-refractivity contribution in [3.63, 3.8) is 0 Å². The summed E-state index contributed by atoms with van der Waals surface area (Å²) in [6.45, 7) is -2.84. The summed E-state index contributed by atoms with van der Waals surface area (Å²) >= 11 is 0. The molecule has 1 amide bonds. The third-order valence-electron chi connectivity index (χ3n) is 4.49. The lowest BCUT2D eigenvalue weighted by Gasteiger charge is -2.23. The van der Waals surface area contributed by atoms with Gasteiger partial charge in [0.2, 0.25) is 5.91 Å². The highest BCUT2D eigenvalue weighted by molar-refractivity contribution is 6.03. The van der Waals surface area contributed by atoms with Crippen LogP contribution in [0.2, 0.25) is 0 Å². The molecule has 1 saturated carbocycles. The topological polar surface area (TPSA) is 38.3 Å². The molecule has 5 heteroatoms. The van der Waals surface area contributed by atoms with E-state index in [2.05, 4.69) is 10.1 Å². The molecule has 0 aromatic heterocycles. The minimum absolute atomic E-state index is 0.0234. The predicted molar refractivity (Wildman–Crippen MR) is 75.6 cm³/mol. The smallest absolute Gasteiger partial charge is 0.387 e. The van der Waals surface area contributed by atoms with Crippen molar-refractivity contribution in [3.8, 4) is 5.75 Å². The number of carbonyl (C=O) groups excluding carboxylic acids is 1. The molecule has 1 aliphatic carbocycles. The zero-order valence-electron chi connectivity index (χ0n) is 11.8. The normalized spacial score (nSPS) is 22.2. The standard InChI is InChI=1S/C16H19F2NO2/c17-16(18)21-11-6-7-14-12(9-11)13(15(20)19-14)8-10-4-2-1-3-5-10/h6-7,9-10,13,16H,1-5,8H2,(H,19,20). The van der Waals surface area contributed by atoms with E-state index in [9.17, 15) is 13.6 Å². The van der Waals surface area contributed by atoms with Crippen molar-refractivity contribution in [1.82, 2.24) is 0 Å². The lowest BCUT2D eigenvalue weighted by molar-refractivity contribution is -0.117. The van der Waals surface area contributed by atoms with Crippen LogP contribution >= 0.6 is 0 Å². The molecule has 114 valence electrons. The fraction of sp³-hybridized carbons (Fsp3) is 0.562. The summed E-state index contributed by atoms with van der Waals surface area (Å²) in [6.07, 6.45) is 6.84. The summed E-state index contributed by atoms with van der Waals surface area (Å²) in [5.74, 6) is 0.420. The molecular weight excluding hydrogens is 276 g/mol. The van der Waals surface area contributed by atoms with Gasteiger partial charge in [-0.1, -0.05) is 32.1 Å². The summed E-state index contributed by atoms with van der Waals surface area (Å²) in [4.78, 5) is 12.1. The Kier molecular flexibility index (Phi) is 4.08. The number of benzene rings is 1. The fourth-order valence-corrected chi connectivity index (χ4v) is 3.47. The molecule has 21 heavy (non-hydrogen) atoms. The minimum Gasteiger partial charge on any atom is -0.435 e. The first kappa shape index (κ1) is 14.3. The van der Waals surface area contributed by atoms with Gasteiger partial charge >= 0.3 is 6.61 Å². The zero-order chi connectivity index (χ0) is 14.8. The maximum Gasteiger partial charge on any atom is 0.387 e. The van der Waals surface area contributed by atoms with Crippen LogP contribution in [-0.4, -0.2) is 12.5 Å². The number of fused-ring (bicyclic) bond motifs is 1. The molecule has 1 aliphatic heterocycles. The highest BCUT2D eigenvalue weighted by Gasteiger charge is 2.33. The quantitative estimate of drug-likeness (QED) is 0.899. The molecule has 0 radical (unpaired) electrons. The Hall–Kier alpha value is -1.65. The lowest BCUT2D eigenvalue weighted by Crippen LogP contribution is -2.17. The Bertz CT molecular complexity index is 527. The maximum absolute atomic E-state index is 12.3. The molecule has 1 aromatic carbocycles. The molecule has 1 atom stereocenters. The maximum atomic E-state index is 12.3. The second-order valence-corrected chi connectivity index (χ2v) is 5.91. The molecule has 1 unspecified atom stereocenters. The van der Waals surface area contributed by atoms with Crippen LogP contribution in [0.3, 0.4) is 0 Å². The first-order valence-electron chi connectivity index (χ1n) is 7.53. The van der Waals surface area contributed by atoms with Gasteiger partial charge in [-0.15, -0.1) is 0 Å². The highest BCUT2D eigenvalue weighted by Crippen LogP contribution is 2.41. The Morgan fingerprint density at radius 1 is 1.24 bits per heavy atom. The Morgan fingerprint density at radius 2 is 2.00 bits per heavy atom. The van der Waals surface area contributed by atoms with E-state index in [1.807, 2.05) is 0 Å². The highest BCUT2D eigenvalue weighted by atomic mass is 19.3. The second-order valence-electron chi connectivity index (χ2n) is 5.91. The summed E-state index contributed by atoms with van der Waals surface area (Å²) < 4.78 is 29.1. The van der Waals surface area contributed by atoms with Gasteiger partial charge in [-0.2, -0.15) is 8.78 Å². The number of anilines is 1. The van der Waals surface area contributed by atoms with Crippen LogP contribution in [0.15, 0.2) is 18.2 Å². The Morgan fingerprint density at radius 3 is 2.71 bits per heavy atom. The number of ether oxygens (including phenoxy) is 1. The van der Waals surface area contributed by atoms with Gasteiger partial charge in [0.1, 0.15) is 5.75 Å². The van der Waals surface area contributed by atoms with Crippen LogP contribution in [0.5, 0.6) is 5.75 Å². The summed E-state index contributed by atoms with van der Waals surface area (Å²) in [6, 6.07) is 4.69. The Balaban J connectivity index is 1.78. The van der Waals surface area contributed by atoms with Gasteiger partial charge in [0, 0.05) is 5.69 Å². The van der Waals surface area contributed by atoms with Crippen LogP contribution in [0.25, 0.3) is 0 Å². The third kappa shape index (κ3) is 3.17. The van der Waals surface area contributed by atoms with E-state index in [0.717, 1.165) is 30.5 Å². The van der Waals surface area contributed by atoms with Gasteiger partial charge in [0.05, 0.1) is 5.92 Å². The average Bonchev–Trinajstić information content (AvgIpc) is 2.76. The van der Waals surface area contributed by atoms with Crippen molar-refractivity contribution in [2.45, 2.75) is 51.1 Å². The molecule has 1 fully saturated rings. The third-order valence-corrected chi connectivity index (χ3v) is 4.49. The van der Waals surface area contributed by atoms with Gasteiger partial charge in [-0.3, -0.25) is 4.79 Å². The van der Waals surface area contributed by atoms with Gasteiger partial charge in [0.15, 0.2) is 0 Å². The molecule has 2 aliphatic rings. The molecule has 1 heterocycles. The summed E-state index contributed by atoms with van der Waals surface area (Å²) in [7, 11) is 0. The van der Waals surface area contributed by atoms with Crippen LogP contribution in [0.1, 0.15) is 50.0 Å². The van der Waals surface area contributed by atoms with E-state index in [-0.39, 0.29) is 17.6 Å². The van der Waals surface area contributed by atoms with Gasteiger partial charge in [-0.05, 0) is 36.1 Å². The van der Waals surface area contributed by atoms with Crippen molar-refractivity contribution < 1.29 is 18.3 Å². The van der Waals surface area contributed by atoms with E-state index in [0.29, 0.717) is 5.92 Å². The van der Waals surface area contributed by atoms with Crippen LogP contribution in [-0.2, 0) is 4.79 Å². The van der Waals surface area contributed by atoms with E-state index in [1.54, 1.807) is 12.1 Å². The molecule has 3 rings (SSSR count). The summed E-state index contributed by atoms with van der Waals surface area (Å²) in [5, 5.41) is 2.84. The molecule has 1 aromatic rings. The van der Waals surface area contributed by atoms with Gasteiger partial charge in [0.25, 0.3) is 0 Å². The lowest BCUT2D eigenvalue weighted by atomic mass is 9.81. The summed E-state index contributed by atoms with van der Waals surface area (Å²) in [5.41, 5.74) is 1.52. The van der Waals surface area contributed by atoms with Crippen molar-refractivity contribution in [2.75, 3.05) is 5.32 Å². The molecule has 3 nitrogen and oxygen atoms in total. The van der Waals surface area contributed by atoms with E-state index in [1.165, 1.54) is 25.3 Å². The van der Waals surface area contributed by atoms with E-state index < -0.39 is 6.61 Å². The van der Waals surface area contributed by atoms with Crippen LogP contribution in [0.4, 0.5) is 14.5 Å². The first-order valence-corrected chi connectivity index (χ1v) is 7.53. The van der Waals surface area contributed by atoms with Crippen molar-refractivity contribution in [2.24, 2.45) is 5.92 Å². The Labute approximate surface area is 122 Å². The van der Waals surface area contributed by atoms with Gasteiger partial charge in [-0.25, -0.2) is 0 Å².